The average Bonchev–Trinajstić information content (AvgIpc) is 3.30. The Balaban J connectivity index is 1.33. The summed E-state index contributed by atoms with van der Waals surface area (Å²) < 4.78 is 0. The molecule has 3 aliphatic rings. The fourth-order valence-corrected chi connectivity index (χ4v) is 5.11. The zero-order valence-electron chi connectivity index (χ0n) is 17.8. The van der Waals surface area contributed by atoms with Gasteiger partial charge in [-0.25, -0.2) is 4.98 Å². The van der Waals surface area contributed by atoms with E-state index in [0.29, 0.717) is 12.4 Å². The van der Waals surface area contributed by atoms with Crippen molar-refractivity contribution in [2.75, 3.05) is 13.1 Å². The van der Waals surface area contributed by atoms with Crippen LogP contribution < -0.4 is 5.56 Å². The van der Waals surface area contributed by atoms with Crippen LogP contribution in [0, 0.1) is 5.92 Å². The van der Waals surface area contributed by atoms with E-state index in [1.165, 1.54) is 0 Å². The van der Waals surface area contributed by atoms with Gasteiger partial charge in [-0.15, -0.1) is 0 Å². The molecule has 0 saturated carbocycles. The predicted octanol–water partition coefficient (Wildman–Crippen LogP) is 2.74. The molecule has 0 radical (unpaired) electrons. The molecule has 2 aromatic heterocycles. The summed E-state index contributed by atoms with van der Waals surface area (Å²) >= 11 is 0. The molecule has 2 aliphatic heterocycles. The van der Waals surface area contributed by atoms with Crippen LogP contribution in [0.5, 0.6) is 0 Å². The number of nitrogens with zero attached hydrogens (tertiary/aromatic N) is 4. The molecule has 5 rings (SSSR count). The number of fused-ring (bicyclic) bond motifs is 1. The Kier molecular flexibility index (Phi) is 5.68. The lowest BCUT2D eigenvalue weighted by Gasteiger charge is -2.31. The number of aromatic amines is 1. The second-order valence-electron chi connectivity index (χ2n) is 8.87. The first-order valence-electron chi connectivity index (χ1n) is 11.4. The van der Waals surface area contributed by atoms with E-state index in [9.17, 15) is 9.59 Å². The minimum Gasteiger partial charge on any atom is -0.332 e. The highest BCUT2D eigenvalue weighted by molar-refractivity contribution is 5.80. The number of hydrogen-bond acceptors (Lipinski definition) is 5. The van der Waals surface area contributed by atoms with E-state index in [1.807, 2.05) is 17.2 Å². The zero-order valence-corrected chi connectivity index (χ0v) is 17.8. The van der Waals surface area contributed by atoms with Crippen molar-refractivity contribution < 1.29 is 4.79 Å². The number of likely N-dealkylation sites (tertiary alicyclic amines) is 1. The average molecular weight is 420 g/mol. The summed E-state index contributed by atoms with van der Waals surface area (Å²) in [5.74, 6) is 0.951. The van der Waals surface area contributed by atoms with E-state index in [4.69, 9.17) is 4.98 Å². The smallest absolute Gasteiger partial charge is 0.255 e. The van der Waals surface area contributed by atoms with Crippen LogP contribution in [-0.4, -0.2) is 43.7 Å². The Labute approximate surface area is 182 Å². The number of carbonyl (C=O) groups is 1. The highest BCUT2D eigenvalue weighted by atomic mass is 16.2. The van der Waals surface area contributed by atoms with Crippen LogP contribution in [0.2, 0.25) is 0 Å². The number of carbonyl (C=O) groups excluding carboxylic acids is 1. The minimum atomic E-state index is -0.107. The molecule has 162 valence electrons. The summed E-state index contributed by atoms with van der Waals surface area (Å²) in [7, 11) is 0. The third-order valence-corrected chi connectivity index (χ3v) is 6.76. The minimum absolute atomic E-state index is 0.0595. The number of rotatable bonds is 4. The molecule has 0 spiro atoms. The second kappa shape index (κ2) is 8.75. The van der Waals surface area contributed by atoms with Gasteiger partial charge in [0.25, 0.3) is 5.56 Å². The predicted molar refractivity (Wildman–Crippen MR) is 117 cm³/mol. The molecule has 2 aromatic rings. The lowest BCUT2D eigenvalue weighted by atomic mass is 9.93. The van der Waals surface area contributed by atoms with Crippen LogP contribution in [0.3, 0.4) is 0 Å². The quantitative estimate of drug-likeness (QED) is 0.771. The van der Waals surface area contributed by atoms with Gasteiger partial charge in [-0.1, -0.05) is 18.2 Å². The lowest BCUT2D eigenvalue weighted by Crippen LogP contribution is -2.39. The van der Waals surface area contributed by atoms with Gasteiger partial charge >= 0.3 is 0 Å². The van der Waals surface area contributed by atoms with Crippen LogP contribution >= 0.6 is 0 Å². The Hall–Kier alpha value is -2.80. The van der Waals surface area contributed by atoms with Crippen LogP contribution in [0.25, 0.3) is 0 Å². The highest BCUT2D eigenvalue weighted by Gasteiger charge is 2.36. The van der Waals surface area contributed by atoms with Crippen molar-refractivity contribution in [2.45, 2.75) is 57.7 Å². The first-order chi connectivity index (χ1) is 15.2. The Bertz CT molecular complexity index is 1030. The zero-order chi connectivity index (χ0) is 21.2. The van der Waals surface area contributed by atoms with Crippen LogP contribution in [0.4, 0.5) is 0 Å². The summed E-state index contributed by atoms with van der Waals surface area (Å²) in [6.45, 7) is 2.98. The molecule has 1 aliphatic carbocycles. The molecule has 31 heavy (non-hydrogen) atoms. The summed E-state index contributed by atoms with van der Waals surface area (Å²) in [5.41, 5.74) is 2.73. The number of aromatic nitrogens is 3. The number of H-pyrrole nitrogens is 1. The summed E-state index contributed by atoms with van der Waals surface area (Å²) in [4.78, 5) is 42.4. The van der Waals surface area contributed by atoms with E-state index in [0.717, 1.165) is 75.0 Å². The Morgan fingerprint density at radius 2 is 2.16 bits per heavy atom. The first-order valence-corrected chi connectivity index (χ1v) is 11.4. The van der Waals surface area contributed by atoms with Gasteiger partial charge in [-0.3, -0.25) is 19.5 Å². The molecular weight excluding hydrogens is 390 g/mol. The van der Waals surface area contributed by atoms with Crippen molar-refractivity contribution in [3.63, 3.8) is 0 Å². The molecule has 2 atom stereocenters. The molecule has 1 saturated heterocycles. The van der Waals surface area contributed by atoms with Gasteiger partial charge in [0.05, 0.1) is 17.3 Å². The van der Waals surface area contributed by atoms with Crippen molar-refractivity contribution in [2.24, 2.45) is 5.92 Å². The van der Waals surface area contributed by atoms with E-state index >= 15 is 0 Å². The number of allylic oxidation sites excluding steroid dienone is 2. The maximum absolute atomic E-state index is 13.1. The fourth-order valence-electron chi connectivity index (χ4n) is 5.11. The van der Waals surface area contributed by atoms with Gasteiger partial charge in [-0.05, 0) is 43.7 Å². The summed E-state index contributed by atoms with van der Waals surface area (Å²) in [5, 5.41) is 0. The van der Waals surface area contributed by atoms with Gasteiger partial charge < -0.3 is 9.88 Å². The van der Waals surface area contributed by atoms with Crippen molar-refractivity contribution in [1.82, 2.24) is 24.8 Å². The van der Waals surface area contributed by atoms with Gasteiger partial charge in [0.15, 0.2) is 0 Å². The molecule has 4 heterocycles. The lowest BCUT2D eigenvalue weighted by molar-refractivity contribution is -0.136. The normalized spacial score (nSPS) is 23.7. The SMILES string of the molecule is O=C([C@H]1CC=CCC1)N1CCC[C@H]1c1nc2c(c(=O)[nH]1)CN(Cc1cccnc1)CC2. The first kappa shape index (κ1) is 20.1. The van der Waals surface area contributed by atoms with E-state index in [-0.39, 0.29) is 23.4 Å². The van der Waals surface area contributed by atoms with Crippen molar-refractivity contribution in [3.8, 4) is 0 Å². The monoisotopic (exact) mass is 419 g/mol. The van der Waals surface area contributed by atoms with Gasteiger partial charge in [0.2, 0.25) is 5.91 Å². The summed E-state index contributed by atoms with van der Waals surface area (Å²) in [6.07, 6.45) is 13.2. The van der Waals surface area contributed by atoms with Crippen molar-refractivity contribution in [1.29, 1.82) is 0 Å². The molecule has 0 aromatic carbocycles. The van der Waals surface area contributed by atoms with Crippen LogP contribution in [0.1, 0.15) is 60.8 Å². The standard InChI is InChI=1S/C24H29N5O2/c30-23-19-16-28(15-17-6-4-11-25-14-17)13-10-20(19)26-22(27-23)21-9-5-12-29(21)24(31)18-7-2-1-3-8-18/h1-2,4,6,11,14,18,21H,3,5,7-10,12-13,15-16H2,(H,26,27,30)/t18-,21-/m0/s1. The van der Waals surface area contributed by atoms with Crippen LogP contribution in [-0.2, 0) is 24.3 Å². The van der Waals surface area contributed by atoms with Crippen molar-refractivity contribution >= 4 is 5.91 Å². The molecule has 1 amide bonds. The molecule has 0 unspecified atom stereocenters. The van der Waals surface area contributed by atoms with E-state index in [2.05, 4.69) is 33.1 Å². The van der Waals surface area contributed by atoms with E-state index < -0.39 is 0 Å². The highest BCUT2D eigenvalue weighted by Crippen LogP contribution is 2.33. The van der Waals surface area contributed by atoms with Gasteiger partial charge in [0, 0.05) is 50.9 Å². The number of amides is 1. The second-order valence-corrected chi connectivity index (χ2v) is 8.87. The molecule has 1 fully saturated rings. The van der Waals surface area contributed by atoms with Gasteiger partial charge in [-0.2, -0.15) is 0 Å². The molecule has 7 heteroatoms. The fraction of sp³-hybridized carbons (Fsp3) is 0.500. The summed E-state index contributed by atoms with van der Waals surface area (Å²) in [6, 6.07) is 3.89. The van der Waals surface area contributed by atoms with E-state index in [1.54, 1.807) is 6.20 Å². The number of pyridine rings is 1. The van der Waals surface area contributed by atoms with Gasteiger partial charge in [0.1, 0.15) is 5.82 Å². The topological polar surface area (TPSA) is 82.2 Å². The van der Waals surface area contributed by atoms with Crippen LogP contribution in [0.15, 0.2) is 41.5 Å². The third-order valence-electron chi connectivity index (χ3n) is 6.76. The molecular formula is C24H29N5O2. The largest absolute Gasteiger partial charge is 0.332 e. The maximum Gasteiger partial charge on any atom is 0.255 e. The van der Waals surface area contributed by atoms with Crippen molar-refractivity contribution in [3.05, 3.63) is 69.7 Å². The number of nitrogens with one attached hydrogen (secondary N) is 1. The number of hydrogen-bond donors (Lipinski definition) is 1. The third kappa shape index (κ3) is 4.19. The molecule has 1 N–H and O–H groups in total. The maximum atomic E-state index is 13.1. The molecule has 0 bridgehead atoms. The Morgan fingerprint density at radius 3 is 2.97 bits per heavy atom. The Morgan fingerprint density at radius 1 is 1.23 bits per heavy atom. The molecule has 7 nitrogen and oxygen atoms in total.